The van der Waals surface area contributed by atoms with Crippen LogP contribution in [0.25, 0.3) is 0 Å². The second-order valence-corrected chi connectivity index (χ2v) is 6.52. The molecule has 1 aliphatic carbocycles. The normalized spacial score (nSPS) is 24.5. The molecule has 0 radical (unpaired) electrons. The molecule has 2 aliphatic rings. The van der Waals surface area contributed by atoms with Crippen molar-refractivity contribution < 1.29 is 4.79 Å². The Hall–Kier alpha value is -0.830. The Morgan fingerprint density at radius 3 is 2.74 bits per heavy atom. The van der Waals surface area contributed by atoms with E-state index in [2.05, 4.69) is 46.0 Å². The molecule has 102 valence electrons. The van der Waals surface area contributed by atoms with Gasteiger partial charge in [-0.2, -0.15) is 0 Å². The maximum atomic E-state index is 12.5. The molecule has 0 saturated heterocycles. The zero-order chi connectivity index (χ0) is 13.5. The van der Waals surface area contributed by atoms with E-state index >= 15 is 0 Å². The van der Waals surface area contributed by atoms with Gasteiger partial charge in [-0.1, -0.05) is 53.9 Å². The summed E-state index contributed by atoms with van der Waals surface area (Å²) in [7, 11) is 0. The van der Waals surface area contributed by atoms with Gasteiger partial charge in [-0.3, -0.25) is 4.79 Å². The summed E-state index contributed by atoms with van der Waals surface area (Å²) in [6.45, 7) is 2.30. The Morgan fingerprint density at radius 2 is 2.05 bits per heavy atom. The van der Waals surface area contributed by atoms with Crippen LogP contribution in [0.1, 0.15) is 50.5 Å². The van der Waals surface area contributed by atoms with Crippen molar-refractivity contribution in [2.75, 3.05) is 10.2 Å². The molecule has 3 rings (SSSR count). The monoisotopic (exact) mass is 321 g/mol. The van der Waals surface area contributed by atoms with E-state index in [1.54, 1.807) is 0 Å². The molecule has 1 aromatic carbocycles. The number of hydrogen-bond donors (Lipinski definition) is 0. The van der Waals surface area contributed by atoms with Gasteiger partial charge in [0.1, 0.15) is 0 Å². The Balaban J connectivity index is 2.12. The number of benzene rings is 1. The summed E-state index contributed by atoms with van der Waals surface area (Å²) < 4.78 is 0. The highest BCUT2D eigenvalue weighted by molar-refractivity contribution is 9.09. The largest absolute Gasteiger partial charge is 0.305 e. The first kappa shape index (κ1) is 13.2. The molecule has 0 aromatic heterocycles. The fourth-order valence-electron chi connectivity index (χ4n) is 4.05. The van der Waals surface area contributed by atoms with Gasteiger partial charge in [0, 0.05) is 11.2 Å². The fourth-order valence-corrected chi connectivity index (χ4v) is 4.30. The lowest BCUT2D eigenvalue weighted by molar-refractivity contribution is -0.117. The highest BCUT2D eigenvalue weighted by atomic mass is 79.9. The Labute approximate surface area is 123 Å². The van der Waals surface area contributed by atoms with E-state index in [0.717, 1.165) is 24.9 Å². The summed E-state index contributed by atoms with van der Waals surface area (Å²) in [5.74, 6) is 0.759. The van der Waals surface area contributed by atoms with Gasteiger partial charge in [0.25, 0.3) is 0 Å². The van der Waals surface area contributed by atoms with Crippen LogP contribution < -0.4 is 4.90 Å². The molecule has 2 nitrogen and oxygen atoms in total. The number of carbonyl (C=O) groups excluding carboxylic acids is 1. The molecule has 1 spiro atoms. The molecule has 0 bridgehead atoms. The summed E-state index contributed by atoms with van der Waals surface area (Å²) in [6, 6.07) is 8.43. The minimum atomic E-state index is 0.0820. The standard InChI is InChI=1S/C16H20BrNO/c1-12-10-16(8-4-5-9-16)18(15(19)11-17)14-7-3-2-6-13(12)14/h2-3,6-7,12H,4-5,8-11H2,1H3. The van der Waals surface area contributed by atoms with Crippen molar-refractivity contribution in [3.8, 4) is 0 Å². The molecule has 3 heteroatoms. The van der Waals surface area contributed by atoms with Gasteiger partial charge >= 0.3 is 0 Å². The smallest absolute Gasteiger partial charge is 0.238 e. The highest BCUT2D eigenvalue weighted by Crippen LogP contribution is 2.50. The summed E-state index contributed by atoms with van der Waals surface area (Å²) >= 11 is 3.36. The van der Waals surface area contributed by atoms with Gasteiger partial charge < -0.3 is 4.90 Å². The van der Waals surface area contributed by atoms with Crippen molar-refractivity contribution in [3.63, 3.8) is 0 Å². The lowest BCUT2D eigenvalue weighted by Crippen LogP contribution is -2.54. The minimum Gasteiger partial charge on any atom is -0.305 e. The topological polar surface area (TPSA) is 20.3 Å². The van der Waals surface area contributed by atoms with E-state index in [9.17, 15) is 4.79 Å². The third kappa shape index (κ3) is 2.03. The molecule has 1 fully saturated rings. The molecule has 1 amide bonds. The van der Waals surface area contributed by atoms with Gasteiger partial charge in [-0.25, -0.2) is 0 Å². The number of carbonyl (C=O) groups is 1. The number of hydrogen-bond acceptors (Lipinski definition) is 1. The van der Waals surface area contributed by atoms with Crippen LogP contribution in [0, 0.1) is 0 Å². The molecule has 1 atom stereocenters. The van der Waals surface area contributed by atoms with Crippen LogP contribution in [-0.2, 0) is 4.79 Å². The third-order valence-corrected chi connectivity index (χ3v) is 5.25. The van der Waals surface area contributed by atoms with Crippen LogP contribution >= 0.6 is 15.9 Å². The van der Waals surface area contributed by atoms with Gasteiger partial charge in [0.15, 0.2) is 0 Å². The van der Waals surface area contributed by atoms with E-state index in [-0.39, 0.29) is 11.4 Å². The first-order chi connectivity index (χ1) is 9.18. The van der Waals surface area contributed by atoms with E-state index in [1.807, 2.05) is 6.07 Å². The average Bonchev–Trinajstić information content (AvgIpc) is 2.87. The van der Waals surface area contributed by atoms with Gasteiger partial charge in [-0.05, 0) is 36.8 Å². The quantitative estimate of drug-likeness (QED) is 0.709. The number of para-hydroxylation sites is 1. The molecular weight excluding hydrogens is 302 g/mol. The van der Waals surface area contributed by atoms with Crippen molar-refractivity contribution in [2.45, 2.75) is 50.5 Å². The van der Waals surface area contributed by atoms with Gasteiger partial charge in [0.05, 0.1) is 5.33 Å². The van der Waals surface area contributed by atoms with Crippen LogP contribution in [0.3, 0.4) is 0 Å². The number of rotatable bonds is 1. The predicted octanol–water partition coefficient (Wildman–Crippen LogP) is 4.23. The number of nitrogens with zero attached hydrogens (tertiary/aromatic N) is 1. The number of anilines is 1. The van der Waals surface area contributed by atoms with Crippen LogP contribution in [-0.4, -0.2) is 16.8 Å². The third-order valence-electron chi connectivity index (χ3n) is 4.77. The molecule has 1 aliphatic heterocycles. The van der Waals surface area contributed by atoms with Crippen LogP contribution in [0.15, 0.2) is 24.3 Å². The summed E-state index contributed by atoms with van der Waals surface area (Å²) in [4.78, 5) is 14.6. The Kier molecular flexibility index (Phi) is 3.42. The van der Waals surface area contributed by atoms with Gasteiger partial charge in [-0.15, -0.1) is 0 Å². The van der Waals surface area contributed by atoms with Crippen LogP contribution in [0.4, 0.5) is 5.69 Å². The summed E-state index contributed by atoms with van der Waals surface area (Å²) in [6.07, 6.45) is 5.93. The fraction of sp³-hybridized carbons (Fsp3) is 0.562. The van der Waals surface area contributed by atoms with Crippen molar-refractivity contribution in [1.82, 2.24) is 0 Å². The summed E-state index contributed by atoms with van der Waals surface area (Å²) in [5.41, 5.74) is 2.56. The van der Waals surface area contributed by atoms with Crippen molar-refractivity contribution >= 4 is 27.5 Å². The van der Waals surface area contributed by atoms with Crippen molar-refractivity contribution in [3.05, 3.63) is 29.8 Å². The molecule has 1 aromatic rings. The number of halogens is 1. The maximum absolute atomic E-state index is 12.5. The van der Waals surface area contributed by atoms with Crippen molar-refractivity contribution in [2.24, 2.45) is 0 Å². The molecule has 19 heavy (non-hydrogen) atoms. The number of amides is 1. The zero-order valence-electron chi connectivity index (χ0n) is 11.4. The molecule has 1 heterocycles. The SMILES string of the molecule is CC1CC2(CCCC2)N(C(=O)CBr)c2ccccc21. The zero-order valence-corrected chi connectivity index (χ0v) is 12.9. The number of fused-ring (bicyclic) bond motifs is 1. The minimum absolute atomic E-state index is 0.0820. The van der Waals surface area contributed by atoms with E-state index in [4.69, 9.17) is 0 Å². The highest BCUT2D eigenvalue weighted by Gasteiger charge is 2.47. The van der Waals surface area contributed by atoms with E-state index in [0.29, 0.717) is 11.2 Å². The Morgan fingerprint density at radius 1 is 1.37 bits per heavy atom. The lowest BCUT2D eigenvalue weighted by Gasteiger charge is -2.48. The lowest BCUT2D eigenvalue weighted by atomic mass is 9.77. The van der Waals surface area contributed by atoms with Crippen LogP contribution in [0.5, 0.6) is 0 Å². The average molecular weight is 322 g/mol. The first-order valence-electron chi connectivity index (χ1n) is 7.16. The van der Waals surface area contributed by atoms with Gasteiger partial charge in [0.2, 0.25) is 5.91 Å². The molecule has 0 N–H and O–H groups in total. The maximum Gasteiger partial charge on any atom is 0.238 e. The second kappa shape index (κ2) is 4.93. The van der Waals surface area contributed by atoms with Crippen molar-refractivity contribution in [1.29, 1.82) is 0 Å². The molecular formula is C16H20BrNO. The second-order valence-electron chi connectivity index (χ2n) is 5.96. The van der Waals surface area contributed by atoms with E-state index in [1.165, 1.54) is 18.4 Å². The summed E-state index contributed by atoms with van der Waals surface area (Å²) in [5, 5.41) is 0.414. The number of alkyl halides is 1. The Bertz CT molecular complexity index is 493. The van der Waals surface area contributed by atoms with E-state index < -0.39 is 0 Å². The first-order valence-corrected chi connectivity index (χ1v) is 8.28. The predicted molar refractivity (Wildman–Crippen MR) is 82.0 cm³/mol. The van der Waals surface area contributed by atoms with Crippen LogP contribution in [0.2, 0.25) is 0 Å². The molecule has 1 saturated carbocycles. The molecule has 1 unspecified atom stereocenters.